The zero-order valence-corrected chi connectivity index (χ0v) is 14.0. The lowest BCUT2D eigenvalue weighted by atomic mass is 10.1. The molecule has 1 aliphatic rings. The van der Waals surface area contributed by atoms with Crippen LogP contribution < -0.4 is 4.90 Å². The third-order valence-corrected chi connectivity index (χ3v) is 5.52. The Bertz CT molecular complexity index is 422. The quantitative estimate of drug-likeness (QED) is 0.850. The van der Waals surface area contributed by atoms with Crippen molar-refractivity contribution in [3.05, 3.63) is 10.6 Å². The summed E-state index contributed by atoms with van der Waals surface area (Å²) in [7, 11) is 0. The summed E-state index contributed by atoms with van der Waals surface area (Å²) < 4.78 is 0. The predicted octanol–water partition coefficient (Wildman–Crippen LogP) is 4.30. The first-order chi connectivity index (χ1) is 9.49. The Morgan fingerprint density at radius 2 is 1.95 bits per heavy atom. The van der Waals surface area contributed by atoms with Crippen LogP contribution in [-0.2, 0) is 0 Å². The molecule has 1 N–H and O–H groups in total. The summed E-state index contributed by atoms with van der Waals surface area (Å²) in [4.78, 5) is 8.27. The highest BCUT2D eigenvalue weighted by Crippen LogP contribution is 2.35. The first kappa shape index (κ1) is 15.8. The van der Waals surface area contributed by atoms with Crippen LogP contribution in [0.15, 0.2) is 0 Å². The molecule has 1 aromatic rings. The number of nitrogens with zero attached hydrogens (tertiary/aromatic N) is 2. The Morgan fingerprint density at radius 3 is 2.45 bits per heavy atom. The standard InChI is InChI=1S/C16H28N2OS/c1-11(2)9-10-18(14-7-5-6-8-14)16-17-12(3)15(20-16)13(4)19/h11,13-14,19H,5-10H2,1-4H3. The van der Waals surface area contributed by atoms with Gasteiger partial charge >= 0.3 is 0 Å². The van der Waals surface area contributed by atoms with Gasteiger partial charge in [-0.15, -0.1) is 0 Å². The fraction of sp³-hybridized carbons (Fsp3) is 0.812. The maximum absolute atomic E-state index is 9.84. The Balaban J connectivity index is 2.18. The summed E-state index contributed by atoms with van der Waals surface area (Å²) in [6.45, 7) is 9.49. The number of hydrogen-bond donors (Lipinski definition) is 1. The molecule has 0 aliphatic heterocycles. The van der Waals surface area contributed by atoms with Gasteiger partial charge in [0, 0.05) is 12.6 Å². The van der Waals surface area contributed by atoms with Crippen molar-refractivity contribution in [3.8, 4) is 0 Å². The Hall–Kier alpha value is -0.610. The molecule has 1 aliphatic carbocycles. The van der Waals surface area contributed by atoms with Crippen molar-refractivity contribution in [2.24, 2.45) is 5.92 Å². The molecule has 0 radical (unpaired) electrons. The number of aliphatic hydroxyl groups excluding tert-OH is 1. The average molecular weight is 296 g/mol. The summed E-state index contributed by atoms with van der Waals surface area (Å²) >= 11 is 1.68. The normalized spacial score (nSPS) is 17.9. The molecule has 1 fully saturated rings. The van der Waals surface area contributed by atoms with Gasteiger partial charge in [-0.25, -0.2) is 4.98 Å². The third-order valence-electron chi connectivity index (χ3n) is 4.16. The van der Waals surface area contributed by atoms with Gasteiger partial charge in [0.2, 0.25) is 0 Å². The lowest BCUT2D eigenvalue weighted by Crippen LogP contribution is -2.34. The first-order valence-corrected chi connectivity index (χ1v) is 8.72. The molecule has 1 saturated carbocycles. The van der Waals surface area contributed by atoms with E-state index in [2.05, 4.69) is 18.7 Å². The maximum atomic E-state index is 9.84. The van der Waals surface area contributed by atoms with Gasteiger partial charge in [-0.1, -0.05) is 38.0 Å². The monoisotopic (exact) mass is 296 g/mol. The van der Waals surface area contributed by atoms with E-state index in [0.29, 0.717) is 6.04 Å². The fourth-order valence-electron chi connectivity index (χ4n) is 2.95. The van der Waals surface area contributed by atoms with Gasteiger partial charge in [-0.05, 0) is 39.0 Å². The molecule has 4 heteroatoms. The van der Waals surface area contributed by atoms with E-state index < -0.39 is 6.10 Å². The molecule has 1 unspecified atom stereocenters. The van der Waals surface area contributed by atoms with Gasteiger partial charge in [-0.3, -0.25) is 0 Å². The molecule has 0 aromatic carbocycles. The van der Waals surface area contributed by atoms with Crippen molar-refractivity contribution in [2.75, 3.05) is 11.4 Å². The minimum absolute atomic E-state index is 0.406. The van der Waals surface area contributed by atoms with Crippen LogP contribution in [0, 0.1) is 12.8 Å². The highest BCUT2D eigenvalue weighted by Gasteiger charge is 2.26. The molecule has 114 valence electrons. The summed E-state index contributed by atoms with van der Waals surface area (Å²) in [5.74, 6) is 0.719. The van der Waals surface area contributed by atoms with E-state index in [-0.39, 0.29) is 0 Å². The molecule has 1 heterocycles. The summed E-state index contributed by atoms with van der Waals surface area (Å²) in [5.41, 5.74) is 0.993. The minimum Gasteiger partial charge on any atom is -0.388 e. The van der Waals surface area contributed by atoms with Crippen LogP contribution in [0.25, 0.3) is 0 Å². The Kier molecular flexibility index (Phi) is 5.44. The van der Waals surface area contributed by atoms with Crippen LogP contribution >= 0.6 is 11.3 Å². The Morgan fingerprint density at radius 1 is 1.30 bits per heavy atom. The number of aryl methyl sites for hydroxylation is 1. The molecule has 1 aromatic heterocycles. The molecule has 20 heavy (non-hydrogen) atoms. The van der Waals surface area contributed by atoms with Crippen LogP contribution in [0.1, 0.15) is 69.6 Å². The van der Waals surface area contributed by atoms with Crippen molar-refractivity contribution in [3.63, 3.8) is 0 Å². The number of aromatic nitrogens is 1. The second kappa shape index (κ2) is 6.90. The van der Waals surface area contributed by atoms with Crippen molar-refractivity contribution in [1.29, 1.82) is 0 Å². The average Bonchev–Trinajstić information content (AvgIpc) is 2.99. The highest BCUT2D eigenvalue weighted by atomic mass is 32.1. The van der Waals surface area contributed by atoms with Crippen molar-refractivity contribution in [1.82, 2.24) is 4.98 Å². The summed E-state index contributed by atoms with van der Waals surface area (Å²) in [6, 6.07) is 0.654. The van der Waals surface area contributed by atoms with Gasteiger partial charge in [0.1, 0.15) is 0 Å². The van der Waals surface area contributed by atoms with E-state index in [9.17, 15) is 5.11 Å². The minimum atomic E-state index is -0.406. The molecule has 0 saturated heterocycles. The number of anilines is 1. The van der Waals surface area contributed by atoms with E-state index in [0.717, 1.165) is 28.2 Å². The molecular weight excluding hydrogens is 268 g/mol. The zero-order chi connectivity index (χ0) is 14.7. The van der Waals surface area contributed by atoms with Crippen LogP contribution in [0.5, 0.6) is 0 Å². The van der Waals surface area contributed by atoms with Crippen molar-refractivity contribution < 1.29 is 5.11 Å². The number of aliphatic hydroxyl groups is 1. The zero-order valence-electron chi connectivity index (χ0n) is 13.2. The summed E-state index contributed by atoms with van der Waals surface area (Å²) in [6.07, 6.45) is 6.07. The SMILES string of the molecule is Cc1nc(N(CCC(C)C)C2CCCC2)sc1C(C)O. The predicted molar refractivity (Wildman–Crippen MR) is 86.5 cm³/mol. The van der Waals surface area contributed by atoms with Gasteiger partial charge in [-0.2, -0.15) is 0 Å². The fourth-order valence-corrected chi connectivity index (χ4v) is 4.05. The lowest BCUT2D eigenvalue weighted by Gasteiger charge is -2.29. The van der Waals surface area contributed by atoms with Crippen LogP contribution in [0.2, 0.25) is 0 Å². The van der Waals surface area contributed by atoms with Crippen molar-refractivity contribution in [2.45, 2.75) is 71.9 Å². The second-order valence-corrected chi connectivity index (χ2v) is 7.45. The molecule has 0 amide bonds. The molecular formula is C16H28N2OS. The van der Waals surface area contributed by atoms with Gasteiger partial charge in [0.05, 0.1) is 16.7 Å². The van der Waals surface area contributed by atoms with E-state index >= 15 is 0 Å². The Labute approximate surface area is 127 Å². The smallest absolute Gasteiger partial charge is 0.186 e. The summed E-state index contributed by atoms with van der Waals surface area (Å²) in [5, 5.41) is 11.0. The topological polar surface area (TPSA) is 36.4 Å². The molecule has 0 spiro atoms. The maximum Gasteiger partial charge on any atom is 0.186 e. The molecule has 0 bridgehead atoms. The largest absolute Gasteiger partial charge is 0.388 e. The molecule has 3 nitrogen and oxygen atoms in total. The first-order valence-electron chi connectivity index (χ1n) is 7.91. The highest BCUT2D eigenvalue weighted by molar-refractivity contribution is 7.15. The molecule has 2 rings (SSSR count). The molecule has 1 atom stereocenters. The second-order valence-electron chi connectivity index (χ2n) is 6.44. The lowest BCUT2D eigenvalue weighted by molar-refractivity contribution is 0.202. The number of hydrogen-bond acceptors (Lipinski definition) is 4. The van der Waals surface area contributed by atoms with Crippen molar-refractivity contribution >= 4 is 16.5 Å². The van der Waals surface area contributed by atoms with Crippen LogP contribution in [-0.4, -0.2) is 22.7 Å². The number of rotatable bonds is 6. The third kappa shape index (κ3) is 3.73. The van der Waals surface area contributed by atoms with E-state index in [1.165, 1.54) is 32.1 Å². The number of thiazole rings is 1. The van der Waals surface area contributed by atoms with E-state index in [1.54, 1.807) is 11.3 Å². The van der Waals surface area contributed by atoms with Gasteiger partial charge < -0.3 is 10.0 Å². The van der Waals surface area contributed by atoms with Crippen LogP contribution in [0.4, 0.5) is 5.13 Å². The van der Waals surface area contributed by atoms with E-state index in [4.69, 9.17) is 4.98 Å². The van der Waals surface area contributed by atoms with Gasteiger partial charge in [0.25, 0.3) is 0 Å². The van der Waals surface area contributed by atoms with Crippen LogP contribution in [0.3, 0.4) is 0 Å². The van der Waals surface area contributed by atoms with Gasteiger partial charge in [0.15, 0.2) is 5.13 Å². The van der Waals surface area contributed by atoms with E-state index in [1.807, 2.05) is 13.8 Å².